The zero-order valence-electron chi connectivity index (χ0n) is 17.1. The third-order valence-corrected chi connectivity index (χ3v) is 5.96. The Bertz CT molecular complexity index is 877. The van der Waals surface area contributed by atoms with Crippen LogP contribution in [0.4, 0.5) is 0 Å². The molecule has 154 valence electrons. The highest BCUT2D eigenvalue weighted by atomic mass is 16.4. The van der Waals surface area contributed by atoms with Crippen LogP contribution in [0, 0.1) is 12.3 Å². The van der Waals surface area contributed by atoms with Crippen molar-refractivity contribution in [2.24, 2.45) is 5.41 Å². The van der Waals surface area contributed by atoms with E-state index in [1.807, 2.05) is 32.0 Å². The molecule has 1 heterocycles. The Kier molecular flexibility index (Phi) is 6.38. The molecule has 1 aliphatic rings. The number of carboxylic acids is 1. The first-order chi connectivity index (χ1) is 13.9. The van der Waals surface area contributed by atoms with Crippen molar-refractivity contribution in [2.75, 3.05) is 13.1 Å². The van der Waals surface area contributed by atoms with Crippen LogP contribution in [0.3, 0.4) is 0 Å². The van der Waals surface area contributed by atoms with Crippen molar-refractivity contribution in [2.45, 2.75) is 45.6 Å². The number of benzene rings is 2. The standard InChI is InChI=1S/C24H29NO4/c1-3-13-24(23(28)29)16-25(14-12-21(24)26)22(27)20-7-5-4-6-19(20)15-18-10-8-17(2)9-11-18/h4-11,21,26H,3,12-16H2,1-2H3,(H,28,29)/t21-,24+/m0/s1. The molecule has 1 saturated heterocycles. The number of nitrogens with zero attached hydrogens (tertiary/aromatic N) is 1. The molecule has 2 atom stereocenters. The minimum Gasteiger partial charge on any atom is -0.481 e. The average Bonchev–Trinajstić information content (AvgIpc) is 2.71. The normalized spacial score (nSPS) is 21.8. The van der Waals surface area contributed by atoms with Crippen LogP contribution in [-0.4, -0.2) is 46.2 Å². The molecule has 5 nitrogen and oxygen atoms in total. The fourth-order valence-electron chi connectivity index (χ4n) is 4.24. The van der Waals surface area contributed by atoms with Crippen LogP contribution in [0.15, 0.2) is 48.5 Å². The average molecular weight is 395 g/mol. The summed E-state index contributed by atoms with van der Waals surface area (Å²) >= 11 is 0. The first kappa shape index (κ1) is 21.1. The maximum Gasteiger partial charge on any atom is 0.314 e. The summed E-state index contributed by atoms with van der Waals surface area (Å²) in [6, 6.07) is 15.7. The molecular formula is C24H29NO4. The SMILES string of the molecule is CCC[C@@]1(C(=O)O)CN(C(=O)c2ccccc2Cc2ccc(C)cc2)CC[C@@H]1O. The summed E-state index contributed by atoms with van der Waals surface area (Å²) in [4.78, 5) is 27.0. The lowest BCUT2D eigenvalue weighted by Crippen LogP contribution is -2.57. The van der Waals surface area contributed by atoms with Crippen molar-refractivity contribution >= 4 is 11.9 Å². The second kappa shape index (κ2) is 8.78. The predicted octanol–water partition coefficient (Wildman–Crippen LogP) is 3.66. The number of hydrogen-bond acceptors (Lipinski definition) is 3. The Morgan fingerprint density at radius 3 is 2.48 bits per heavy atom. The van der Waals surface area contributed by atoms with Crippen LogP contribution >= 0.6 is 0 Å². The monoisotopic (exact) mass is 395 g/mol. The van der Waals surface area contributed by atoms with E-state index in [1.54, 1.807) is 11.0 Å². The van der Waals surface area contributed by atoms with Gasteiger partial charge in [0.05, 0.1) is 6.10 Å². The van der Waals surface area contributed by atoms with Gasteiger partial charge in [-0.25, -0.2) is 0 Å². The first-order valence-corrected chi connectivity index (χ1v) is 10.2. The lowest BCUT2D eigenvalue weighted by Gasteiger charge is -2.43. The summed E-state index contributed by atoms with van der Waals surface area (Å²) in [6.07, 6.45) is 0.954. The molecule has 5 heteroatoms. The van der Waals surface area contributed by atoms with Gasteiger partial charge >= 0.3 is 5.97 Å². The molecule has 0 spiro atoms. The Balaban J connectivity index is 1.86. The van der Waals surface area contributed by atoms with Gasteiger partial charge in [0.15, 0.2) is 0 Å². The highest BCUT2D eigenvalue weighted by Gasteiger charge is 2.49. The number of amides is 1. The number of carbonyl (C=O) groups excluding carboxylic acids is 1. The Morgan fingerprint density at radius 2 is 1.83 bits per heavy atom. The molecule has 0 aliphatic carbocycles. The van der Waals surface area contributed by atoms with Crippen LogP contribution < -0.4 is 0 Å². The summed E-state index contributed by atoms with van der Waals surface area (Å²) in [5, 5.41) is 20.3. The number of piperidine rings is 1. The van der Waals surface area contributed by atoms with Gasteiger partial charge in [-0.05, 0) is 43.4 Å². The fourth-order valence-corrected chi connectivity index (χ4v) is 4.24. The van der Waals surface area contributed by atoms with E-state index < -0.39 is 17.5 Å². The van der Waals surface area contributed by atoms with Crippen molar-refractivity contribution in [3.63, 3.8) is 0 Å². The second-order valence-corrected chi connectivity index (χ2v) is 8.06. The van der Waals surface area contributed by atoms with Gasteiger partial charge in [0.25, 0.3) is 5.91 Å². The number of aliphatic hydroxyl groups excluding tert-OH is 1. The van der Waals surface area contributed by atoms with Crippen LogP contribution in [0.5, 0.6) is 0 Å². The fraction of sp³-hybridized carbons (Fsp3) is 0.417. The number of likely N-dealkylation sites (tertiary alicyclic amines) is 1. The molecule has 0 bridgehead atoms. The van der Waals surface area contributed by atoms with Crippen molar-refractivity contribution in [1.29, 1.82) is 0 Å². The lowest BCUT2D eigenvalue weighted by molar-refractivity contribution is -0.162. The van der Waals surface area contributed by atoms with Gasteiger partial charge < -0.3 is 15.1 Å². The van der Waals surface area contributed by atoms with Gasteiger partial charge in [-0.3, -0.25) is 9.59 Å². The highest BCUT2D eigenvalue weighted by molar-refractivity contribution is 5.96. The molecule has 1 fully saturated rings. The van der Waals surface area contributed by atoms with E-state index in [-0.39, 0.29) is 18.9 Å². The van der Waals surface area contributed by atoms with Crippen molar-refractivity contribution in [3.05, 3.63) is 70.8 Å². The minimum atomic E-state index is -1.30. The summed E-state index contributed by atoms with van der Waals surface area (Å²) < 4.78 is 0. The minimum absolute atomic E-state index is 0.0367. The molecule has 2 N–H and O–H groups in total. The number of aliphatic hydroxyl groups is 1. The molecule has 3 rings (SSSR count). The summed E-state index contributed by atoms with van der Waals surface area (Å²) in [6.45, 7) is 4.33. The summed E-state index contributed by atoms with van der Waals surface area (Å²) in [5.74, 6) is -1.20. The van der Waals surface area contributed by atoms with Gasteiger partial charge in [0, 0.05) is 18.7 Å². The maximum absolute atomic E-state index is 13.3. The lowest BCUT2D eigenvalue weighted by atomic mass is 9.74. The van der Waals surface area contributed by atoms with Crippen molar-refractivity contribution < 1.29 is 19.8 Å². The van der Waals surface area contributed by atoms with E-state index in [9.17, 15) is 19.8 Å². The van der Waals surface area contributed by atoms with E-state index in [0.29, 0.717) is 31.4 Å². The summed E-state index contributed by atoms with van der Waals surface area (Å²) in [7, 11) is 0. The van der Waals surface area contributed by atoms with Crippen LogP contribution in [0.25, 0.3) is 0 Å². The quantitative estimate of drug-likeness (QED) is 0.782. The highest BCUT2D eigenvalue weighted by Crippen LogP contribution is 2.36. The number of aryl methyl sites for hydroxylation is 1. The predicted molar refractivity (Wildman–Crippen MR) is 112 cm³/mol. The number of carbonyl (C=O) groups is 2. The summed E-state index contributed by atoms with van der Waals surface area (Å²) in [5.41, 5.74) is 2.53. The number of hydrogen-bond donors (Lipinski definition) is 2. The number of rotatable bonds is 6. The van der Waals surface area contributed by atoms with Gasteiger partial charge in [0.1, 0.15) is 5.41 Å². The molecule has 1 aliphatic heterocycles. The molecule has 0 saturated carbocycles. The van der Waals surface area contributed by atoms with E-state index in [1.165, 1.54) is 5.56 Å². The number of carboxylic acid groups (broad SMARTS) is 1. The largest absolute Gasteiger partial charge is 0.481 e. The molecule has 0 aromatic heterocycles. The van der Waals surface area contributed by atoms with Gasteiger partial charge in [-0.2, -0.15) is 0 Å². The zero-order chi connectivity index (χ0) is 21.0. The molecular weight excluding hydrogens is 366 g/mol. The van der Waals surface area contributed by atoms with Crippen LogP contribution in [0.2, 0.25) is 0 Å². The van der Waals surface area contributed by atoms with Crippen LogP contribution in [0.1, 0.15) is 53.2 Å². The van der Waals surface area contributed by atoms with E-state index in [2.05, 4.69) is 24.3 Å². The third kappa shape index (κ3) is 4.35. The zero-order valence-corrected chi connectivity index (χ0v) is 17.1. The smallest absolute Gasteiger partial charge is 0.314 e. The molecule has 2 aromatic rings. The van der Waals surface area contributed by atoms with E-state index >= 15 is 0 Å². The van der Waals surface area contributed by atoms with Gasteiger partial charge in [0.2, 0.25) is 0 Å². The third-order valence-electron chi connectivity index (χ3n) is 5.96. The van der Waals surface area contributed by atoms with E-state index in [4.69, 9.17) is 0 Å². The van der Waals surface area contributed by atoms with Gasteiger partial charge in [-0.15, -0.1) is 0 Å². The van der Waals surface area contributed by atoms with Crippen LogP contribution in [-0.2, 0) is 11.2 Å². The molecule has 0 unspecified atom stereocenters. The molecule has 2 aromatic carbocycles. The molecule has 29 heavy (non-hydrogen) atoms. The molecule has 0 radical (unpaired) electrons. The topological polar surface area (TPSA) is 77.8 Å². The Labute approximate surface area is 172 Å². The van der Waals surface area contributed by atoms with E-state index in [0.717, 1.165) is 11.1 Å². The Morgan fingerprint density at radius 1 is 1.14 bits per heavy atom. The Hall–Kier alpha value is -2.66. The first-order valence-electron chi connectivity index (χ1n) is 10.2. The second-order valence-electron chi connectivity index (χ2n) is 8.06. The van der Waals surface area contributed by atoms with Crippen molar-refractivity contribution in [1.82, 2.24) is 4.90 Å². The maximum atomic E-state index is 13.3. The number of aliphatic carboxylic acids is 1. The van der Waals surface area contributed by atoms with Gasteiger partial charge in [-0.1, -0.05) is 61.4 Å². The van der Waals surface area contributed by atoms with Crippen molar-refractivity contribution in [3.8, 4) is 0 Å². The molecule has 1 amide bonds.